The summed E-state index contributed by atoms with van der Waals surface area (Å²) in [5.41, 5.74) is 5.51. The molecule has 3 amide bonds. The summed E-state index contributed by atoms with van der Waals surface area (Å²) in [6, 6.07) is 20.1. The number of hydrogen-bond acceptors (Lipinski definition) is 5. The Bertz CT molecular complexity index is 1910. The maximum absolute atomic E-state index is 12.6. The first-order chi connectivity index (χ1) is 23.7. The molecule has 3 aromatic heterocycles. The first kappa shape index (κ1) is 32.4. The molecule has 1 saturated carbocycles. The van der Waals surface area contributed by atoms with Gasteiger partial charge in [0.25, 0.3) is 0 Å². The Morgan fingerprint density at radius 2 is 1.71 bits per heavy atom. The molecule has 2 fully saturated rings. The fraction of sp³-hybridized carbons (Fsp3) is 0.385. The van der Waals surface area contributed by atoms with E-state index in [1.165, 1.54) is 12.8 Å². The molecular weight excluding hydrogens is 614 g/mol. The van der Waals surface area contributed by atoms with Crippen LogP contribution >= 0.6 is 0 Å². The van der Waals surface area contributed by atoms with E-state index >= 15 is 0 Å². The van der Waals surface area contributed by atoms with Crippen molar-refractivity contribution in [2.75, 3.05) is 18.4 Å². The smallest absolute Gasteiger partial charge is 0.410 e. The van der Waals surface area contributed by atoms with E-state index in [4.69, 9.17) is 9.72 Å². The maximum atomic E-state index is 12.6. The van der Waals surface area contributed by atoms with Crippen molar-refractivity contribution in [2.24, 2.45) is 5.92 Å². The van der Waals surface area contributed by atoms with Crippen LogP contribution in [0.2, 0.25) is 0 Å². The van der Waals surface area contributed by atoms with E-state index in [0.717, 1.165) is 78.1 Å². The molecule has 4 heterocycles. The van der Waals surface area contributed by atoms with Crippen molar-refractivity contribution in [1.29, 1.82) is 0 Å². The van der Waals surface area contributed by atoms with Crippen molar-refractivity contribution in [1.82, 2.24) is 29.3 Å². The van der Waals surface area contributed by atoms with Gasteiger partial charge in [0.05, 0.1) is 5.52 Å². The number of imidazole rings is 1. The number of pyridine rings is 1. The van der Waals surface area contributed by atoms with Crippen molar-refractivity contribution < 1.29 is 14.3 Å². The number of carbonyl (C=O) groups excluding carboxylic acids is 2. The van der Waals surface area contributed by atoms with E-state index in [9.17, 15) is 9.59 Å². The lowest BCUT2D eigenvalue weighted by Gasteiger charge is -2.33. The van der Waals surface area contributed by atoms with Crippen LogP contribution in [0.3, 0.4) is 0 Å². The molecular formula is C39H45N7O3. The number of ether oxygens (including phenoxy) is 1. The summed E-state index contributed by atoms with van der Waals surface area (Å²) in [6.45, 7) is 8.46. The number of amides is 3. The molecule has 0 spiro atoms. The fourth-order valence-electron chi connectivity index (χ4n) is 6.58. The summed E-state index contributed by atoms with van der Waals surface area (Å²) in [7, 11) is 0. The molecule has 2 aromatic carbocycles. The van der Waals surface area contributed by atoms with Crippen molar-refractivity contribution in [3.63, 3.8) is 0 Å². The third kappa shape index (κ3) is 7.80. The number of benzene rings is 2. The number of fused-ring (bicyclic) bond motifs is 1. The van der Waals surface area contributed by atoms with E-state index in [1.54, 1.807) is 0 Å². The number of hydrogen-bond donors (Lipinski definition) is 2. The van der Waals surface area contributed by atoms with Crippen LogP contribution < -0.4 is 10.6 Å². The Labute approximate surface area is 287 Å². The van der Waals surface area contributed by atoms with Crippen molar-refractivity contribution in [2.45, 2.75) is 77.5 Å². The summed E-state index contributed by atoms with van der Waals surface area (Å²) >= 11 is 0. The number of anilines is 1. The molecule has 0 radical (unpaired) electrons. The second kappa shape index (κ2) is 13.8. The molecule has 2 N–H and O–H groups in total. The normalized spacial score (nSPS) is 15.4. The van der Waals surface area contributed by atoms with Gasteiger partial charge in [0, 0.05) is 84.9 Å². The SMILES string of the molecule is CC(C)(C)OC(=O)N1CCC(CCn2ccnc2-c2cn(-c3ccc(NC(=O)NCc4ccc(C5CC5)nc4)cc3)c3ccccc23)CC1. The monoisotopic (exact) mass is 659 g/mol. The number of aromatic nitrogens is 4. The molecule has 0 bridgehead atoms. The zero-order valence-electron chi connectivity index (χ0n) is 28.6. The van der Waals surface area contributed by atoms with Gasteiger partial charge in [0.2, 0.25) is 0 Å². The lowest BCUT2D eigenvalue weighted by molar-refractivity contribution is 0.0180. The number of nitrogens with zero attached hydrogens (tertiary/aromatic N) is 5. The highest BCUT2D eigenvalue weighted by Crippen LogP contribution is 2.38. The lowest BCUT2D eigenvalue weighted by atomic mass is 9.93. The molecule has 5 aromatic rings. The van der Waals surface area contributed by atoms with Gasteiger partial charge < -0.3 is 29.4 Å². The fourth-order valence-corrected chi connectivity index (χ4v) is 6.58. The van der Waals surface area contributed by atoms with E-state index in [2.05, 4.69) is 61.4 Å². The Morgan fingerprint density at radius 1 is 0.939 bits per heavy atom. The minimum atomic E-state index is -0.478. The standard InChI is InChI=1S/C39H45N7O3/c1-39(2,3)49-38(48)45-21-17-27(18-22-45)16-20-44-23-19-40-36(44)33-26-46(35-7-5-4-6-32(33)35)31-13-11-30(12-14-31)43-37(47)42-25-28-8-15-34(41-24-28)29-9-10-29/h4-8,11-15,19,23-24,26-27,29H,9-10,16-18,20-22,25H2,1-3H3,(H2,42,43,47). The van der Waals surface area contributed by atoms with Crippen LogP contribution in [0.4, 0.5) is 15.3 Å². The van der Waals surface area contributed by atoms with Crippen LogP contribution in [0.5, 0.6) is 0 Å². The van der Waals surface area contributed by atoms with Gasteiger partial charge in [-0.3, -0.25) is 4.98 Å². The Hall–Kier alpha value is -5.12. The molecule has 0 atom stereocenters. The third-order valence-corrected chi connectivity index (χ3v) is 9.41. The molecule has 0 unspecified atom stereocenters. The van der Waals surface area contributed by atoms with E-state index in [0.29, 0.717) is 24.1 Å². The first-order valence-corrected chi connectivity index (χ1v) is 17.4. The first-order valence-electron chi connectivity index (χ1n) is 17.4. The van der Waals surface area contributed by atoms with Gasteiger partial charge in [-0.05, 0) is 101 Å². The molecule has 2 aliphatic rings. The summed E-state index contributed by atoms with van der Waals surface area (Å²) in [5, 5.41) is 6.99. The predicted octanol–water partition coefficient (Wildman–Crippen LogP) is 8.13. The molecule has 7 rings (SSSR count). The average molecular weight is 660 g/mol. The zero-order valence-corrected chi connectivity index (χ0v) is 28.6. The highest BCUT2D eigenvalue weighted by Gasteiger charge is 2.27. The number of para-hydroxylation sites is 1. The number of nitrogens with one attached hydrogen (secondary N) is 2. The van der Waals surface area contributed by atoms with Gasteiger partial charge in [0.15, 0.2) is 0 Å². The van der Waals surface area contributed by atoms with E-state index in [1.807, 2.05) is 74.5 Å². The van der Waals surface area contributed by atoms with Gasteiger partial charge in [-0.2, -0.15) is 0 Å². The van der Waals surface area contributed by atoms with Crippen molar-refractivity contribution in [3.05, 3.63) is 96.7 Å². The van der Waals surface area contributed by atoms with Gasteiger partial charge in [-0.25, -0.2) is 14.6 Å². The minimum Gasteiger partial charge on any atom is -0.444 e. The van der Waals surface area contributed by atoms with Crippen molar-refractivity contribution in [3.8, 4) is 17.1 Å². The Kier molecular flexibility index (Phi) is 9.12. The number of rotatable bonds is 9. The van der Waals surface area contributed by atoms with Crippen LogP contribution in [-0.4, -0.2) is 54.8 Å². The van der Waals surface area contributed by atoms with Gasteiger partial charge in [-0.15, -0.1) is 0 Å². The Morgan fingerprint density at radius 3 is 2.43 bits per heavy atom. The lowest BCUT2D eigenvalue weighted by Crippen LogP contribution is -2.41. The summed E-state index contributed by atoms with van der Waals surface area (Å²) in [5.74, 6) is 2.10. The molecule has 10 heteroatoms. The topological polar surface area (TPSA) is 106 Å². The largest absolute Gasteiger partial charge is 0.444 e. The zero-order chi connectivity index (χ0) is 34.0. The third-order valence-electron chi connectivity index (χ3n) is 9.41. The van der Waals surface area contributed by atoms with Crippen LogP contribution in [0.15, 0.2) is 85.5 Å². The Balaban J connectivity index is 0.983. The molecule has 49 heavy (non-hydrogen) atoms. The molecule has 1 aliphatic carbocycles. The summed E-state index contributed by atoms with van der Waals surface area (Å²) in [6.07, 6.45) is 13.1. The van der Waals surface area contributed by atoms with Gasteiger partial charge >= 0.3 is 12.1 Å². The van der Waals surface area contributed by atoms with Crippen molar-refractivity contribution >= 4 is 28.7 Å². The van der Waals surface area contributed by atoms with Crippen LogP contribution in [-0.2, 0) is 17.8 Å². The second-order valence-corrected chi connectivity index (χ2v) is 14.3. The molecule has 10 nitrogen and oxygen atoms in total. The highest BCUT2D eigenvalue weighted by molar-refractivity contribution is 5.96. The van der Waals surface area contributed by atoms with Crippen LogP contribution in [0.1, 0.15) is 70.1 Å². The predicted molar refractivity (Wildman–Crippen MR) is 192 cm³/mol. The average Bonchev–Trinajstić information content (AvgIpc) is 3.73. The number of aryl methyl sites for hydroxylation is 1. The minimum absolute atomic E-state index is 0.214. The van der Waals surface area contributed by atoms with E-state index < -0.39 is 5.60 Å². The second-order valence-electron chi connectivity index (χ2n) is 14.3. The molecule has 1 aliphatic heterocycles. The van der Waals surface area contributed by atoms with E-state index in [-0.39, 0.29) is 12.1 Å². The van der Waals surface area contributed by atoms with Gasteiger partial charge in [0.1, 0.15) is 11.4 Å². The maximum Gasteiger partial charge on any atom is 0.410 e. The number of urea groups is 1. The number of carbonyl (C=O) groups is 2. The van der Waals surface area contributed by atoms with Gasteiger partial charge in [-0.1, -0.05) is 24.3 Å². The molecule has 254 valence electrons. The van der Waals surface area contributed by atoms with Crippen LogP contribution in [0, 0.1) is 5.92 Å². The quantitative estimate of drug-likeness (QED) is 0.166. The molecule has 1 saturated heterocycles. The number of likely N-dealkylation sites (tertiary alicyclic amines) is 1. The van der Waals surface area contributed by atoms with Crippen LogP contribution in [0.25, 0.3) is 28.0 Å². The summed E-state index contributed by atoms with van der Waals surface area (Å²) < 4.78 is 9.99. The highest BCUT2D eigenvalue weighted by atomic mass is 16.6. The number of piperidine rings is 1. The summed E-state index contributed by atoms with van der Waals surface area (Å²) in [4.78, 5) is 36.3.